The zero-order chi connectivity index (χ0) is 19.2. The van der Waals surface area contributed by atoms with E-state index < -0.39 is 9.84 Å². The second kappa shape index (κ2) is 8.91. The topological polar surface area (TPSA) is 75.7 Å². The first-order chi connectivity index (χ1) is 12.2. The van der Waals surface area contributed by atoms with Crippen LogP contribution < -0.4 is 10.1 Å². The number of nitrogens with zero attached hydrogens (tertiary/aromatic N) is 1. The number of ether oxygens (including phenoxy) is 1. The average Bonchev–Trinajstić information content (AvgIpc) is 2.55. The molecule has 0 unspecified atom stereocenters. The van der Waals surface area contributed by atoms with Gasteiger partial charge >= 0.3 is 6.03 Å². The van der Waals surface area contributed by atoms with Gasteiger partial charge in [-0.15, -0.1) is 0 Å². The smallest absolute Gasteiger partial charge is 0.321 e. The number of hydrogen-bond donors (Lipinski definition) is 1. The molecule has 0 spiro atoms. The lowest BCUT2D eigenvalue weighted by Crippen LogP contribution is -2.34. The van der Waals surface area contributed by atoms with Crippen molar-refractivity contribution in [2.24, 2.45) is 0 Å². The summed E-state index contributed by atoms with van der Waals surface area (Å²) in [4.78, 5) is 13.7. The van der Waals surface area contributed by atoms with E-state index in [1.165, 1.54) is 11.2 Å². The molecule has 0 fully saturated rings. The number of anilines is 1. The molecule has 8 heteroatoms. The summed E-state index contributed by atoms with van der Waals surface area (Å²) in [5.41, 5.74) is 1.17. The maximum atomic E-state index is 12.2. The molecule has 2 rings (SSSR count). The quantitative estimate of drug-likeness (QED) is 0.777. The van der Waals surface area contributed by atoms with E-state index in [4.69, 9.17) is 16.3 Å². The van der Waals surface area contributed by atoms with E-state index in [0.717, 1.165) is 0 Å². The van der Waals surface area contributed by atoms with Gasteiger partial charge in [-0.25, -0.2) is 13.2 Å². The van der Waals surface area contributed by atoms with Crippen molar-refractivity contribution in [3.63, 3.8) is 0 Å². The van der Waals surface area contributed by atoms with Gasteiger partial charge in [0.25, 0.3) is 0 Å². The van der Waals surface area contributed by atoms with Crippen LogP contribution in [-0.2, 0) is 15.6 Å². The predicted octanol–water partition coefficient (Wildman–Crippen LogP) is 3.43. The molecule has 2 aromatic rings. The fourth-order valence-corrected chi connectivity index (χ4v) is 3.10. The van der Waals surface area contributed by atoms with Crippen molar-refractivity contribution in [3.8, 4) is 5.75 Å². The zero-order valence-corrected chi connectivity index (χ0v) is 16.2. The molecule has 0 aromatic heterocycles. The summed E-state index contributed by atoms with van der Waals surface area (Å²) in [5.74, 6) is 0.610. The largest absolute Gasteiger partial charge is 0.492 e. The van der Waals surface area contributed by atoms with E-state index in [2.05, 4.69) is 5.32 Å². The van der Waals surface area contributed by atoms with Crippen molar-refractivity contribution in [1.29, 1.82) is 0 Å². The van der Waals surface area contributed by atoms with Gasteiger partial charge in [-0.2, -0.15) is 0 Å². The molecule has 0 bridgehead atoms. The number of amides is 2. The van der Waals surface area contributed by atoms with E-state index in [9.17, 15) is 13.2 Å². The van der Waals surface area contributed by atoms with Gasteiger partial charge in [0.2, 0.25) is 0 Å². The number of carbonyl (C=O) groups excluding carboxylic acids is 1. The Bertz CT molecular complexity index is 854. The third-order valence-corrected chi connectivity index (χ3v) is 4.57. The Kier molecular flexibility index (Phi) is 6.88. The molecule has 2 amide bonds. The fourth-order valence-electron chi connectivity index (χ4n) is 2.19. The zero-order valence-electron chi connectivity index (χ0n) is 14.6. The Morgan fingerprint density at radius 3 is 2.54 bits per heavy atom. The van der Waals surface area contributed by atoms with E-state index in [0.29, 0.717) is 35.2 Å². The number of halogens is 1. The van der Waals surface area contributed by atoms with E-state index in [1.807, 2.05) is 0 Å². The Morgan fingerprint density at radius 1 is 1.19 bits per heavy atom. The molecule has 0 saturated carbocycles. The molecule has 140 valence electrons. The summed E-state index contributed by atoms with van der Waals surface area (Å²) < 4.78 is 28.3. The Labute approximate surface area is 158 Å². The number of nitrogens with one attached hydrogen (secondary N) is 1. The number of hydrogen-bond acceptors (Lipinski definition) is 4. The van der Waals surface area contributed by atoms with Gasteiger partial charge in [-0.1, -0.05) is 23.7 Å². The summed E-state index contributed by atoms with van der Waals surface area (Å²) in [5, 5.41) is 3.37. The van der Waals surface area contributed by atoms with Crippen LogP contribution in [-0.4, -0.2) is 45.8 Å². The third kappa shape index (κ3) is 6.93. The van der Waals surface area contributed by atoms with Gasteiger partial charge in [-0.05, 0) is 42.0 Å². The highest BCUT2D eigenvalue weighted by Gasteiger charge is 2.10. The van der Waals surface area contributed by atoms with Crippen LogP contribution in [0.2, 0.25) is 5.02 Å². The van der Waals surface area contributed by atoms with Crippen LogP contribution in [0.25, 0.3) is 0 Å². The summed E-state index contributed by atoms with van der Waals surface area (Å²) in [6.45, 7) is 0.719. The molecule has 0 aliphatic heterocycles. The summed E-state index contributed by atoms with van der Waals surface area (Å²) >= 11 is 5.81. The molecule has 26 heavy (non-hydrogen) atoms. The number of sulfone groups is 1. The van der Waals surface area contributed by atoms with Gasteiger partial charge in [0.05, 0.1) is 12.3 Å². The summed E-state index contributed by atoms with van der Waals surface area (Å²) in [6.07, 6.45) is 1.17. The lowest BCUT2D eigenvalue weighted by atomic mass is 10.2. The highest BCUT2D eigenvalue weighted by molar-refractivity contribution is 7.89. The van der Waals surface area contributed by atoms with Crippen LogP contribution in [0.4, 0.5) is 10.5 Å². The minimum absolute atomic E-state index is 0.0680. The number of likely N-dealkylation sites (N-methyl/N-ethyl adjacent to an activating group) is 1. The van der Waals surface area contributed by atoms with Crippen molar-refractivity contribution in [3.05, 3.63) is 59.1 Å². The van der Waals surface area contributed by atoms with Crippen molar-refractivity contribution >= 4 is 33.2 Å². The van der Waals surface area contributed by atoms with Gasteiger partial charge in [0.15, 0.2) is 9.84 Å². The molecule has 1 N–H and O–H groups in total. The third-order valence-electron chi connectivity index (χ3n) is 3.46. The van der Waals surface area contributed by atoms with E-state index in [-0.39, 0.29) is 11.8 Å². The number of carbonyl (C=O) groups is 1. The first-order valence-corrected chi connectivity index (χ1v) is 10.3. The van der Waals surface area contributed by atoms with Crippen LogP contribution in [0.1, 0.15) is 5.56 Å². The molecular weight excluding hydrogens is 376 g/mol. The molecule has 0 heterocycles. The van der Waals surface area contributed by atoms with E-state index in [1.54, 1.807) is 55.6 Å². The highest BCUT2D eigenvalue weighted by atomic mass is 35.5. The second-order valence-corrected chi connectivity index (χ2v) is 8.50. The number of rotatable bonds is 7. The first-order valence-electron chi connectivity index (χ1n) is 7.90. The predicted molar refractivity (Wildman–Crippen MR) is 104 cm³/mol. The van der Waals surface area contributed by atoms with Gasteiger partial charge in [0.1, 0.15) is 12.4 Å². The van der Waals surface area contributed by atoms with Crippen molar-refractivity contribution < 1.29 is 17.9 Å². The molecule has 0 saturated heterocycles. The molecule has 6 nitrogen and oxygen atoms in total. The van der Waals surface area contributed by atoms with Crippen LogP contribution in [0.3, 0.4) is 0 Å². The van der Waals surface area contributed by atoms with Gasteiger partial charge in [0, 0.05) is 24.0 Å². The molecule has 0 aliphatic carbocycles. The lowest BCUT2D eigenvalue weighted by Gasteiger charge is -2.18. The second-order valence-electron chi connectivity index (χ2n) is 5.92. The van der Waals surface area contributed by atoms with Crippen molar-refractivity contribution in [2.45, 2.75) is 5.75 Å². The fraction of sp³-hybridized carbons (Fsp3) is 0.278. The summed E-state index contributed by atoms with van der Waals surface area (Å²) in [6, 6.07) is 13.5. The van der Waals surface area contributed by atoms with Crippen LogP contribution >= 0.6 is 11.6 Å². The SMILES string of the molecule is CN(CCOc1ccc(Cl)cc1)C(=O)Nc1cccc(CS(C)(=O)=O)c1. The molecule has 0 aliphatic rings. The minimum Gasteiger partial charge on any atom is -0.492 e. The maximum absolute atomic E-state index is 12.2. The normalized spacial score (nSPS) is 11.0. The Hall–Kier alpha value is -2.25. The number of benzene rings is 2. The van der Waals surface area contributed by atoms with Gasteiger partial charge < -0.3 is 15.0 Å². The molecular formula is C18H21ClN2O4S. The number of urea groups is 1. The van der Waals surface area contributed by atoms with Crippen molar-refractivity contribution in [2.75, 3.05) is 31.8 Å². The van der Waals surface area contributed by atoms with Crippen LogP contribution in [0, 0.1) is 0 Å². The van der Waals surface area contributed by atoms with Crippen molar-refractivity contribution in [1.82, 2.24) is 4.90 Å². The van der Waals surface area contributed by atoms with Crippen LogP contribution in [0.5, 0.6) is 5.75 Å². The minimum atomic E-state index is -3.13. The standard InChI is InChI=1S/C18H21ClN2O4S/c1-21(10-11-25-17-8-6-15(19)7-9-17)18(22)20-16-5-3-4-14(12-16)13-26(2,23)24/h3-9,12H,10-11,13H2,1-2H3,(H,20,22). The molecule has 0 radical (unpaired) electrons. The lowest BCUT2D eigenvalue weighted by molar-refractivity contribution is 0.207. The highest BCUT2D eigenvalue weighted by Crippen LogP contribution is 2.16. The Morgan fingerprint density at radius 2 is 1.88 bits per heavy atom. The van der Waals surface area contributed by atoms with Crippen LogP contribution in [0.15, 0.2) is 48.5 Å². The monoisotopic (exact) mass is 396 g/mol. The molecule has 2 aromatic carbocycles. The maximum Gasteiger partial charge on any atom is 0.321 e. The average molecular weight is 397 g/mol. The summed E-state index contributed by atoms with van der Waals surface area (Å²) in [7, 11) is -1.47. The first kappa shape index (κ1) is 20.1. The Balaban J connectivity index is 1.84. The van der Waals surface area contributed by atoms with E-state index >= 15 is 0 Å². The van der Waals surface area contributed by atoms with Gasteiger partial charge in [-0.3, -0.25) is 0 Å². The molecule has 0 atom stereocenters.